The van der Waals surface area contributed by atoms with E-state index in [1.165, 1.54) is 47.3 Å². The summed E-state index contributed by atoms with van der Waals surface area (Å²) >= 11 is 0. The number of imidazole rings is 1. The zero-order valence-electron chi connectivity index (χ0n) is 19.0. The third-order valence-corrected chi connectivity index (χ3v) is 5.57. The van der Waals surface area contributed by atoms with E-state index in [9.17, 15) is 35.9 Å². The lowest BCUT2D eigenvalue weighted by atomic mass is 10.1. The van der Waals surface area contributed by atoms with E-state index in [2.05, 4.69) is 15.6 Å². The molecule has 4 rings (SSSR count). The fraction of sp³-hybridized carbons (Fsp3) is 0.160. The van der Waals surface area contributed by atoms with Gasteiger partial charge >= 0.3 is 12.4 Å². The fourth-order valence-corrected chi connectivity index (χ4v) is 3.82. The highest BCUT2D eigenvalue weighted by Crippen LogP contribution is 2.33. The third kappa shape index (κ3) is 5.42. The number of nitrogens with zero attached hydrogens (tertiary/aromatic N) is 2. The summed E-state index contributed by atoms with van der Waals surface area (Å²) in [4.78, 5) is 29.9. The monoisotopic (exact) mass is 520 g/mol. The molecule has 4 aromatic rings. The van der Waals surface area contributed by atoms with Crippen LogP contribution in [-0.4, -0.2) is 21.4 Å². The van der Waals surface area contributed by atoms with Crippen molar-refractivity contribution in [1.29, 1.82) is 0 Å². The quantitative estimate of drug-likeness (QED) is 0.327. The van der Waals surface area contributed by atoms with E-state index in [4.69, 9.17) is 0 Å². The topological polar surface area (TPSA) is 76.0 Å². The molecule has 0 bridgehead atoms. The van der Waals surface area contributed by atoms with E-state index >= 15 is 0 Å². The number of hydrogen-bond donors (Lipinski definition) is 2. The molecule has 0 aliphatic heterocycles. The van der Waals surface area contributed by atoms with Gasteiger partial charge in [-0.05, 0) is 35.9 Å². The maximum Gasteiger partial charge on any atom is 0.417 e. The van der Waals surface area contributed by atoms with Gasteiger partial charge in [0.05, 0.1) is 34.1 Å². The van der Waals surface area contributed by atoms with Crippen molar-refractivity contribution in [2.45, 2.75) is 18.9 Å². The van der Waals surface area contributed by atoms with E-state index in [0.717, 1.165) is 24.3 Å². The van der Waals surface area contributed by atoms with Gasteiger partial charge in [0.25, 0.3) is 11.8 Å². The smallest absolute Gasteiger partial charge is 0.348 e. The number of rotatable bonds is 5. The minimum Gasteiger partial charge on any atom is -0.348 e. The van der Waals surface area contributed by atoms with E-state index in [1.807, 2.05) is 0 Å². The number of nitrogens with one attached hydrogen (secondary N) is 2. The Morgan fingerprint density at radius 2 is 1.46 bits per heavy atom. The van der Waals surface area contributed by atoms with Crippen LogP contribution in [0.25, 0.3) is 11.0 Å². The van der Waals surface area contributed by atoms with Crippen LogP contribution in [0.3, 0.4) is 0 Å². The van der Waals surface area contributed by atoms with Gasteiger partial charge in [-0.1, -0.05) is 30.3 Å². The maximum atomic E-state index is 13.3. The van der Waals surface area contributed by atoms with Gasteiger partial charge < -0.3 is 15.2 Å². The van der Waals surface area contributed by atoms with Crippen molar-refractivity contribution >= 4 is 28.5 Å². The van der Waals surface area contributed by atoms with Gasteiger partial charge in [0.2, 0.25) is 0 Å². The molecule has 0 aliphatic carbocycles. The molecule has 0 atom stereocenters. The first-order valence-electron chi connectivity index (χ1n) is 10.7. The summed E-state index contributed by atoms with van der Waals surface area (Å²) in [5, 5.41) is 4.79. The molecule has 6 nitrogen and oxygen atoms in total. The molecule has 12 heteroatoms. The van der Waals surface area contributed by atoms with E-state index < -0.39 is 47.4 Å². The maximum absolute atomic E-state index is 13.3. The summed E-state index contributed by atoms with van der Waals surface area (Å²) < 4.78 is 81.4. The number of fused-ring (bicyclic) bond motifs is 1. The minimum absolute atomic E-state index is 0.00100. The van der Waals surface area contributed by atoms with Crippen molar-refractivity contribution in [2.24, 2.45) is 7.05 Å². The second-order valence-electron chi connectivity index (χ2n) is 8.08. The summed E-state index contributed by atoms with van der Waals surface area (Å²) in [5.41, 5.74) is -2.33. The molecule has 0 saturated heterocycles. The van der Waals surface area contributed by atoms with Crippen LogP contribution in [0.15, 0.2) is 67.0 Å². The highest BCUT2D eigenvalue weighted by atomic mass is 19.4. The lowest BCUT2D eigenvalue weighted by molar-refractivity contribution is -0.138. The Balaban J connectivity index is 1.65. The highest BCUT2D eigenvalue weighted by molar-refractivity contribution is 6.10. The largest absolute Gasteiger partial charge is 0.417 e. The summed E-state index contributed by atoms with van der Waals surface area (Å²) in [5.74, 6) is -1.84. The molecule has 0 radical (unpaired) electrons. The fourth-order valence-electron chi connectivity index (χ4n) is 3.82. The number of amides is 2. The number of halogens is 6. The van der Waals surface area contributed by atoms with Crippen LogP contribution in [0.1, 0.15) is 37.4 Å². The van der Waals surface area contributed by atoms with E-state index in [-0.39, 0.29) is 22.3 Å². The van der Waals surface area contributed by atoms with Crippen molar-refractivity contribution < 1.29 is 35.9 Å². The second-order valence-corrected chi connectivity index (χ2v) is 8.08. The number of hydrogen-bond acceptors (Lipinski definition) is 3. The number of aromatic nitrogens is 2. The first-order chi connectivity index (χ1) is 17.4. The van der Waals surface area contributed by atoms with Crippen LogP contribution in [0.5, 0.6) is 0 Å². The predicted molar refractivity (Wildman–Crippen MR) is 123 cm³/mol. The molecule has 0 aliphatic rings. The average Bonchev–Trinajstić information content (AvgIpc) is 3.21. The zero-order chi connectivity index (χ0) is 27.0. The Hall–Kier alpha value is -4.35. The van der Waals surface area contributed by atoms with Gasteiger partial charge in [0, 0.05) is 19.3 Å². The molecular formula is C25H18F6N4O2. The lowest BCUT2D eigenvalue weighted by Gasteiger charge is -2.15. The van der Waals surface area contributed by atoms with Gasteiger partial charge in [-0.2, -0.15) is 26.3 Å². The Morgan fingerprint density at radius 3 is 2.14 bits per heavy atom. The van der Waals surface area contributed by atoms with Crippen LogP contribution < -0.4 is 10.6 Å². The van der Waals surface area contributed by atoms with E-state index in [0.29, 0.717) is 5.52 Å². The second kappa shape index (κ2) is 9.60. The molecule has 3 aromatic carbocycles. The third-order valence-electron chi connectivity index (χ3n) is 5.57. The minimum atomic E-state index is -4.77. The first kappa shape index (κ1) is 25.7. The molecule has 37 heavy (non-hydrogen) atoms. The van der Waals surface area contributed by atoms with Crippen molar-refractivity contribution in [2.75, 3.05) is 5.32 Å². The molecule has 0 fully saturated rings. The standard InChI is InChI=1S/C25H18F6N4O2/c1-35-13-33-21-17(22(36)32-12-14-6-2-4-8-18(14)24(26,27)28)10-15(11-20(21)35)34-23(37)16-7-3-5-9-19(16)25(29,30)31/h2-11,13H,12H2,1H3,(H,32,36)(H,34,37). The molecule has 1 aromatic heterocycles. The number of benzene rings is 3. The van der Waals surface area contributed by atoms with Crippen molar-refractivity contribution in [1.82, 2.24) is 14.9 Å². The first-order valence-corrected chi connectivity index (χ1v) is 10.7. The van der Waals surface area contributed by atoms with Crippen LogP contribution >= 0.6 is 0 Å². The van der Waals surface area contributed by atoms with Gasteiger partial charge in [-0.15, -0.1) is 0 Å². The molecule has 2 N–H and O–H groups in total. The Kier molecular flexibility index (Phi) is 6.68. The SMILES string of the molecule is Cn1cnc2c(C(=O)NCc3ccccc3C(F)(F)F)cc(NC(=O)c3ccccc3C(F)(F)F)cc21. The Labute approximate surface area is 205 Å². The number of carbonyl (C=O) groups is 2. The number of aryl methyl sites for hydroxylation is 1. The molecule has 192 valence electrons. The highest BCUT2D eigenvalue weighted by Gasteiger charge is 2.35. The number of anilines is 1. The average molecular weight is 520 g/mol. The molecule has 2 amide bonds. The summed E-state index contributed by atoms with van der Waals surface area (Å²) in [6.45, 7) is -0.446. The summed E-state index contributed by atoms with van der Waals surface area (Å²) in [6, 6.07) is 11.6. The predicted octanol–water partition coefficient (Wildman–Crippen LogP) is 5.79. The van der Waals surface area contributed by atoms with Gasteiger partial charge in [-0.25, -0.2) is 4.98 Å². The number of carbonyl (C=O) groups excluding carboxylic acids is 2. The Bertz CT molecular complexity index is 1490. The lowest BCUT2D eigenvalue weighted by Crippen LogP contribution is -2.25. The van der Waals surface area contributed by atoms with Gasteiger partial charge in [0.15, 0.2) is 0 Å². The normalized spacial score (nSPS) is 12.0. The van der Waals surface area contributed by atoms with Crippen LogP contribution in [-0.2, 0) is 25.9 Å². The Morgan fingerprint density at radius 1 is 0.838 bits per heavy atom. The van der Waals surface area contributed by atoms with Gasteiger partial charge in [0.1, 0.15) is 5.52 Å². The molecule has 0 saturated carbocycles. The molecule has 0 unspecified atom stereocenters. The van der Waals surface area contributed by atoms with Crippen LogP contribution in [0.4, 0.5) is 32.0 Å². The molecule has 1 heterocycles. The van der Waals surface area contributed by atoms with Gasteiger partial charge in [-0.3, -0.25) is 9.59 Å². The van der Waals surface area contributed by atoms with Crippen LogP contribution in [0, 0.1) is 0 Å². The summed E-state index contributed by atoms with van der Waals surface area (Å²) in [6.07, 6.45) is -8.00. The molecular weight excluding hydrogens is 502 g/mol. The summed E-state index contributed by atoms with van der Waals surface area (Å²) in [7, 11) is 1.60. The van der Waals surface area contributed by atoms with Crippen molar-refractivity contribution in [3.05, 3.63) is 94.8 Å². The van der Waals surface area contributed by atoms with Crippen molar-refractivity contribution in [3.63, 3.8) is 0 Å². The van der Waals surface area contributed by atoms with Crippen LogP contribution in [0.2, 0.25) is 0 Å². The number of alkyl halides is 6. The zero-order valence-corrected chi connectivity index (χ0v) is 19.0. The van der Waals surface area contributed by atoms with Crippen molar-refractivity contribution in [3.8, 4) is 0 Å². The molecule has 0 spiro atoms. The van der Waals surface area contributed by atoms with E-state index in [1.54, 1.807) is 7.05 Å².